The molecule has 14 heavy (non-hydrogen) atoms. The average Bonchev–Trinajstić information content (AvgIpc) is 2.00. The van der Waals surface area contributed by atoms with E-state index < -0.39 is 0 Å². The highest BCUT2D eigenvalue weighted by Crippen LogP contribution is 2.08. The first-order chi connectivity index (χ1) is 6.49. The van der Waals surface area contributed by atoms with Crippen LogP contribution in [0.25, 0.3) is 0 Å². The maximum Gasteiger partial charge on any atom is 0.256 e. The van der Waals surface area contributed by atoms with Crippen LogP contribution >= 0.6 is 12.2 Å². The Morgan fingerprint density at radius 1 is 1.21 bits per heavy atom. The van der Waals surface area contributed by atoms with Gasteiger partial charge in [0.15, 0.2) is 0 Å². The summed E-state index contributed by atoms with van der Waals surface area (Å²) in [5.41, 5.74) is 2.82. The SMILES string of the molecule is CC(=S)NC(=O)c1cc(C)cc(C)c1. The average molecular weight is 207 g/mol. The molecule has 0 heterocycles. The van der Waals surface area contributed by atoms with Crippen molar-refractivity contribution in [1.82, 2.24) is 5.32 Å². The first-order valence-electron chi connectivity index (χ1n) is 4.39. The van der Waals surface area contributed by atoms with Gasteiger partial charge in [-0.15, -0.1) is 0 Å². The number of carbonyl (C=O) groups is 1. The van der Waals surface area contributed by atoms with Gasteiger partial charge in [-0.05, 0) is 32.9 Å². The molecule has 1 aromatic rings. The van der Waals surface area contributed by atoms with Gasteiger partial charge in [-0.2, -0.15) is 0 Å². The maximum absolute atomic E-state index is 11.6. The zero-order valence-electron chi connectivity index (χ0n) is 8.55. The van der Waals surface area contributed by atoms with Gasteiger partial charge < -0.3 is 5.32 Å². The van der Waals surface area contributed by atoms with Crippen LogP contribution in [0.2, 0.25) is 0 Å². The van der Waals surface area contributed by atoms with Crippen LogP contribution in [0.1, 0.15) is 28.4 Å². The molecule has 0 saturated heterocycles. The van der Waals surface area contributed by atoms with Crippen molar-refractivity contribution in [2.45, 2.75) is 20.8 Å². The summed E-state index contributed by atoms with van der Waals surface area (Å²) in [4.78, 5) is 12.1. The summed E-state index contributed by atoms with van der Waals surface area (Å²) in [5, 5.41) is 2.61. The monoisotopic (exact) mass is 207 g/mol. The van der Waals surface area contributed by atoms with Crippen LogP contribution in [0.3, 0.4) is 0 Å². The molecule has 0 radical (unpaired) electrons. The molecule has 74 valence electrons. The lowest BCUT2D eigenvalue weighted by Crippen LogP contribution is -2.26. The van der Waals surface area contributed by atoms with Gasteiger partial charge in [-0.25, -0.2) is 0 Å². The van der Waals surface area contributed by atoms with Gasteiger partial charge in [-0.3, -0.25) is 4.79 Å². The third kappa shape index (κ3) is 2.92. The van der Waals surface area contributed by atoms with Crippen LogP contribution in [0.5, 0.6) is 0 Å². The first-order valence-corrected chi connectivity index (χ1v) is 4.80. The van der Waals surface area contributed by atoms with Crippen molar-refractivity contribution in [3.8, 4) is 0 Å². The zero-order valence-corrected chi connectivity index (χ0v) is 9.37. The van der Waals surface area contributed by atoms with Crippen LogP contribution in [0.4, 0.5) is 0 Å². The predicted molar refractivity (Wildman–Crippen MR) is 61.7 cm³/mol. The van der Waals surface area contributed by atoms with E-state index in [-0.39, 0.29) is 5.91 Å². The second-order valence-corrected chi connectivity index (χ2v) is 4.00. The number of carbonyl (C=O) groups excluding carboxylic acids is 1. The normalized spacial score (nSPS) is 9.64. The Balaban J connectivity index is 2.95. The van der Waals surface area contributed by atoms with E-state index in [0.717, 1.165) is 11.1 Å². The van der Waals surface area contributed by atoms with Gasteiger partial charge in [0, 0.05) is 5.56 Å². The lowest BCUT2D eigenvalue weighted by molar-refractivity contribution is 0.0977. The van der Waals surface area contributed by atoms with Crippen molar-refractivity contribution in [3.05, 3.63) is 34.9 Å². The molecule has 0 unspecified atom stereocenters. The summed E-state index contributed by atoms with van der Waals surface area (Å²) < 4.78 is 0. The number of benzene rings is 1. The summed E-state index contributed by atoms with van der Waals surface area (Å²) in [6.07, 6.45) is 0. The van der Waals surface area contributed by atoms with Gasteiger partial charge in [0.25, 0.3) is 5.91 Å². The number of rotatable bonds is 1. The van der Waals surface area contributed by atoms with E-state index in [4.69, 9.17) is 12.2 Å². The Kier molecular flexibility index (Phi) is 3.36. The van der Waals surface area contributed by atoms with Gasteiger partial charge in [0.2, 0.25) is 0 Å². The fourth-order valence-electron chi connectivity index (χ4n) is 1.34. The first kappa shape index (κ1) is 10.9. The molecule has 0 fully saturated rings. The number of hydrogen-bond donors (Lipinski definition) is 1. The van der Waals surface area contributed by atoms with Gasteiger partial charge in [0.1, 0.15) is 0 Å². The van der Waals surface area contributed by atoms with Gasteiger partial charge in [-0.1, -0.05) is 29.4 Å². The van der Waals surface area contributed by atoms with Crippen molar-refractivity contribution in [2.75, 3.05) is 0 Å². The van der Waals surface area contributed by atoms with Crippen LogP contribution in [0, 0.1) is 13.8 Å². The zero-order chi connectivity index (χ0) is 10.7. The molecular formula is C11H13NOS. The standard InChI is InChI=1S/C11H13NOS/c1-7-4-8(2)6-10(5-7)11(13)12-9(3)14/h4-6H,1-3H3,(H,12,13,14). The molecule has 0 aliphatic carbocycles. The van der Waals surface area contributed by atoms with E-state index >= 15 is 0 Å². The number of nitrogens with one attached hydrogen (secondary N) is 1. The third-order valence-corrected chi connectivity index (χ3v) is 1.88. The Morgan fingerprint density at radius 2 is 1.71 bits per heavy atom. The van der Waals surface area contributed by atoms with E-state index in [0.29, 0.717) is 10.6 Å². The lowest BCUT2D eigenvalue weighted by Gasteiger charge is -2.05. The van der Waals surface area contributed by atoms with Crippen LogP contribution in [-0.4, -0.2) is 10.9 Å². The fraction of sp³-hybridized carbons (Fsp3) is 0.273. The van der Waals surface area contributed by atoms with Crippen molar-refractivity contribution >= 4 is 23.1 Å². The molecule has 0 atom stereocenters. The molecule has 1 aromatic carbocycles. The lowest BCUT2D eigenvalue weighted by atomic mass is 10.1. The van der Waals surface area contributed by atoms with Crippen molar-refractivity contribution in [1.29, 1.82) is 0 Å². The largest absolute Gasteiger partial charge is 0.317 e. The smallest absolute Gasteiger partial charge is 0.256 e. The number of hydrogen-bond acceptors (Lipinski definition) is 2. The minimum absolute atomic E-state index is 0.135. The van der Waals surface area contributed by atoms with Gasteiger partial charge >= 0.3 is 0 Å². The Morgan fingerprint density at radius 3 is 2.14 bits per heavy atom. The minimum atomic E-state index is -0.135. The Bertz CT molecular complexity index is 365. The van der Waals surface area contributed by atoms with E-state index in [1.54, 1.807) is 6.92 Å². The maximum atomic E-state index is 11.6. The Hall–Kier alpha value is -1.22. The number of aryl methyl sites for hydroxylation is 2. The van der Waals surface area contributed by atoms with Crippen LogP contribution in [0.15, 0.2) is 18.2 Å². The predicted octanol–water partition coefficient (Wildman–Crippen LogP) is 2.38. The molecule has 3 heteroatoms. The van der Waals surface area contributed by atoms with E-state index in [1.807, 2.05) is 32.0 Å². The second-order valence-electron chi connectivity index (χ2n) is 3.39. The van der Waals surface area contributed by atoms with Crippen molar-refractivity contribution in [2.24, 2.45) is 0 Å². The molecule has 0 bridgehead atoms. The molecule has 1 rings (SSSR count). The van der Waals surface area contributed by atoms with E-state index in [1.165, 1.54) is 0 Å². The third-order valence-electron chi connectivity index (χ3n) is 1.77. The van der Waals surface area contributed by atoms with Crippen LogP contribution in [-0.2, 0) is 0 Å². The Labute approximate surface area is 89.3 Å². The molecular weight excluding hydrogens is 194 g/mol. The van der Waals surface area contributed by atoms with Crippen molar-refractivity contribution in [3.63, 3.8) is 0 Å². The molecule has 0 saturated carbocycles. The molecule has 0 spiro atoms. The highest BCUT2D eigenvalue weighted by Gasteiger charge is 2.06. The number of amides is 1. The molecule has 1 amide bonds. The molecule has 0 aliphatic heterocycles. The minimum Gasteiger partial charge on any atom is -0.317 e. The highest BCUT2D eigenvalue weighted by molar-refractivity contribution is 7.80. The fourth-order valence-corrected chi connectivity index (χ4v) is 1.43. The van der Waals surface area contributed by atoms with E-state index in [2.05, 4.69) is 5.32 Å². The topological polar surface area (TPSA) is 29.1 Å². The molecule has 2 nitrogen and oxygen atoms in total. The summed E-state index contributed by atoms with van der Waals surface area (Å²) in [5.74, 6) is -0.135. The summed E-state index contributed by atoms with van der Waals surface area (Å²) in [6, 6.07) is 5.72. The summed E-state index contributed by atoms with van der Waals surface area (Å²) in [6.45, 7) is 5.62. The quantitative estimate of drug-likeness (QED) is 0.716. The van der Waals surface area contributed by atoms with Gasteiger partial charge in [0.05, 0.1) is 4.99 Å². The molecule has 1 N–H and O–H groups in total. The van der Waals surface area contributed by atoms with Crippen LogP contribution < -0.4 is 5.32 Å². The van der Waals surface area contributed by atoms with Crippen molar-refractivity contribution < 1.29 is 4.79 Å². The highest BCUT2D eigenvalue weighted by atomic mass is 32.1. The number of thiocarbonyl (C=S) groups is 1. The second kappa shape index (κ2) is 4.33. The summed E-state index contributed by atoms with van der Waals surface area (Å²) >= 11 is 4.81. The molecule has 0 aliphatic rings. The van der Waals surface area contributed by atoms with E-state index in [9.17, 15) is 4.79 Å². The summed E-state index contributed by atoms with van der Waals surface area (Å²) in [7, 11) is 0. The molecule has 0 aromatic heterocycles.